The van der Waals surface area contributed by atoms with Crippen LogP contribution in [0.25, 0.3) is 11.0 Å². The van der Waals surface area contributed by atoms with E-state index in [0.29, 0.717) is 30.9 Å². The number of para-hydroxylation sites is 2. The molecule has 0 saturated carbocycles. The lowest BCUT2D eigenvalue weighted by atomic mass is 10.1. The second kappa shape index (κ2) is 9.86. The molecule has 0 radical (unpaired) electrons. The van der Waals surface area contributed by atoms with Gasteiger partial charge < -0.3 is 14.6 Å². The summed E-state index contributed by atoms with van der Waals surface area (Å²) in [6.45, 7) is 3.03. The zero-order valence-electron chi connectivity index (χ0n) is 17.2. The molecule has 1 N–H and O–H groups in total. The maximum absolute atomic E-state index is 12.4. The molecule has 0 spiro atoms. The van der Waals surface area contributed by atoms with Gasteiger partial charge in [-0.15, -0.1) is 0 Å². The molecule has 0 aliphatic rings. The van der Waals surface area contributed by atoms with Crippen molar-refractivity contribution in [2.75, 3.05) is 19.4 Å². The van der Waals surface area contributed by atoms with Crippen molar-refractivity contribution in [1.82, 2.24) is 14.9 Å². The van der Waals surface area contributed by atoms with Gasteiger partial charge in [0.15, 0.2) is 9.84 Å². The molecule has 1 heterocycles. The molecule has 0 bridgehead atoms. The zero-order chi connectivity index (χ0) is 21.6. The molecule has 0 aliphatic carbocycles. The molecule has 0 aliphatic heterocycles. The maximum Gasteiger partial charge on any atom is 0.240 e. The fraction of sp³-hybridized carbons (Fsp3) is 0.364. The highest BCUT2D eigenvalue weighted by Gasteiger charge is 2.17. The number of rotatable bonds is 10. The number of sulfone groups is 1. The van der Waals surface area contributed by atoms with Crippen LogP contribution in [0.15, 0.2) is 54.6 Å². The number of amides is 1. The Morgan fingerprint density at radius 3 is 2.57 bits per heavy atom. The Balaban J connectivity index is 1.52. The van der Waals surface area contributed by atoms with Crippen LogP contribution in [0.5, 0.6) is 0 Å². The van der Waals surface area contributed by atoms with Gasteiger partial charge in [0.05, 0.1) is 17.1 Å². The van der Waals surface area contributed by atoms with Gasteiger partial charge in [-0.1, -0.05) is 42.5 Å². The third-order valence-corrected chi connectivity index (χ3v) is 5.49. The van der Waals surface area contributed by atoms with Crippen molar-refractivity contribution in [2.45, 2.75) is 31.7 Å². The molecule has 30 heavy (non-hydrogen) atoms. The van der Waals surface area contributed by atoms with Crippen molar-refractivity contribution in [1.29, 1.82) is 0 Å². The zero-order valence-corrected chi connectivity index (χ0v) is 18.1. The first-order valence-electron chi connectivity index (χ1n) is 9.88. The Morgan fingerprint density at radius 1 is 1.13 bits per heavy atom. The van der Waals surface area contributed by atoms with Gasteiger partial charge in [-0.2, -0.15) is 0 Å². The van der Waals surface area contributed by atoms with Crippen LogP contribution in [-0.2, 0) is 31.7 Å². The SMILES string of the molecule is CC(OCCCNC(=O)Cn1c(CS(C)(=O)=O)nc2ccccc21)c1ccccc1. The first-order chi connectivity index (χ1) is 14.3. The molecule has 1 aromatic heterocycles. The minimum absolute atomic E-state index is 0.00207. The number of imidazole rings is 1. The van der Waals surface area contributed by atoms with Gasteiger partial charge in [-0.3, -0.25) is 4.79 Å². The number of nitrogens with zero attached hydrogens (tertiary/aromatic N) is 2. The van der Waals surface area contributed by atoms with Crippen molar-refractivity contribution in [3.63, 3.8) is 0 Å². The van der Waals surface area contributed by atoms with Crippen LogP contribution in [0.2, 0.25) is 0 Å². The second-order valence-electron chi connectivity index (χ2n) is 7.30. The largest absolute Gasteiger partial charge is 0.374 e. The lowest BCUT2D eigenvalue weighted by molar-refractivity contribution is -0.121. The van der Waals surface area contributed by atoms with Crippen molar-refractivity contribution < 1.29 is 17.9 Å². The van der Waals surface area contributed by atoms with Crippen LogP contribution in [0.3, 0.4) is 0 Å². The summed E-state index contributed by atoms with van der Waals surface area (Å²) in [5.41, 5.74) is 2.53. The molecule has 2 aromatic carbocycles. The van der Waals surface area contributed by atoms with E-state index in [9.17, 15) is 13.2 Å². The van der Waals surface area contributed by atoms with Gasteiger partial charge in [0.1, 0.15) is 18.1 Å². The molecule has 160 valence electrons. The van der Waals surface area contributed by atoms with E-state index >= 15 is 0 Å². The van der Waals surface area contributed by atoms with Gasteiger partial charge in [0, 0.05) is 19.4 Å². The standard InChI is InChI=1S/C22H27N3O4S/c1-17(18-9-4-3-5-10-18)29-14-8-13-23-22(26)15-25-20-12-7-6-11-19(20)24-21(25)16-30(2,27)28/h3-7,9-12,17H,8,13-16H2,1-2H3,(H,23,26). The Kier molecular flexibility index (Phi) is 7.23. The van der Waals surface area contributed by atoms with E-state index in [2.05, 4.69) is 10.3 Å². The van der Waals surface area contributed by atoms with E-state index in [1.54, 1.807) is 10.6 Å². The molecular weight excluding hydrogens is 402 g/mol. The van der Waals surface area contributed by atoms with E-state index in [1.165, 1.54) is 0 Å². The summed E-state index contributed by atoms with van der Waals surface area (Å²) in [5, 5.41) is 2.87. The predicted molar refractivity (Wildman–Crippen MR) is 117 cm³/mol. The van der Waals surface area contributed by atoms with Crippen molar-refractivity contribution >= 4 is 26.8 Å². The number of ether oxygens (including phenoxy) is 1. The molecule has 8 heteroatoms. The molecule has 1 unspecified atom stereocenters. The topological polar surface area (TPSA) is 90.3 Å². The van der Waals surface area contributed by atoms with Crippen molar-refractivity contribution in [3.8, 4) is 0 Å². The third kappa shape index (κ3) is 6.14. The molecule has 3 aromatic rings. The number of carbonyl (C=O) groups is 1. The van der Waals surface area contributed by atoms with Crippen LogP contribution >= 0.6 is 0 Å². The molecule has 7 nitrogen and oxygen atoms in total. The second-order valence-corrected chi connectivity index (χ2v) is 9.44. The third-order valence-electron chi connectivity index (χ3n) is 4.71. The molecule has 3 rings (SSSR count). The maximum atomic E-state index is 12.4. The first-order valence-corrected chi connectivity index (χ1v) is 11.9. The molecular formula is C22H27N3O4S. The summed E-state index contributed by atoms with van der Waals surface area (Å²) in [7, 11) is -3.27. The number of nitrogens with one attached hydrogen (secondary N) is 1. The van der Waals surface area contributed by atoms with Gasteiger partial charge in [0.2, 0.25) is 5.91 Å². The number of fused-ring (bicyclic) bond motifs is 1. The lowest BCUT2D eigenvalue weighted by Crippen LogP contribution is -2.30. The minimum Gasteiger partial charge on any atom is -0.374 e. The van der Waals surface area contributed by atoms with E-state index in [-0.39, 0.29) is 24.3 Å². The summed E-state index contributed by atoms with van der Waals surface area (Å²) in [5.74, 6) is -0.0296. The van der Waals surface area contributed by atoms with Crippen LogP contribution in [0.1, 0.15) is 30.8 Å². The predicted octanol–water partition coefficient (Wildman–Crippen LogP) is 2.87. The van der Waals surface area contributed by atoms with Crippen LogP contribution in [0, 0.1) is 0 Å². The molecule has 0 fully saturated rings. The number of hydrogen-bond donors (Lipinski definition) is 1. The molecule has 1 atom stereocenters. The Bertz CT molecular complexity index is 1090. The van der Waals surface area contributed by atoms with Crippen molar-refractivity contribution in [3.05, 3.63) is 66.0 Å². The summed E-state index contributed by atoms with van der Waals surface area (Å²) in [6.07, 6.45) is 1.84. The highest BCUT2D eigenvalue weighted by Crippen LogP contribution is 2.18. The number of aromatic nitrogens is 2. The van der Waals surface area contributed by atoms with E-state index < -0.39 is 9.84 Å². The molecule has 0 saturated heterocycles. The normalized spacial score (nSPS) is 12.7. The lowest BCUT2D eigenvalue weighted by Gasteiger charge is -2.14. The van der Waals surface area contributed by atoms with Crippen molar-refractivity contribution in [2.24, 2.45) is 0 Å². The van der Waals surface area contributed by atoms with Crippen LogP contribution < -0.4 is 5.32 Å². The van der Waals surface area contributed by atoms with E-state index in [4.69, 9.17) is 4.74 Å². The van der Waals surface area contributed by atoms with Crippen LogP contribution in [-0.4, -0.2) is 43.3 Å². The Morgan fingerprint density at radius 2 is 1.83 bits per heavy atom. The fourth-order valence-corrected chi connectivity index (χ4v) is 3.92. The summed E-state index contributed by atoms with van der Waals surface area (Å²) in [6, 6.07) is 17.3. The summed E-state index contributed by atoms with van der Waals surface area (Å²) in [4.78, 5) is 16.8. The van der Waals surface area contributed by atoms with Gasteiger partial charge in [-0.05, 0) is 31.0 Å². The minimum atomic E-state index is -3.27. The average molecular weight is 430 g/mol. The summed E-state index contributed by atoms with van der Waals surface area (Å²) >= 11 is 0. The highest BCUT2D eigenvalue weighted by molar-refractivity contribution is 7.89. The monoisotopic (exact) mass is 429 g/mol. The molecule has 1 amide bonds. The Labute approximate surface area is 177 Å². The van der Waals surface area contributed by atoms with E-state index in [0.717, 1.165) is 17.3 Å². The highest BCUT2D eigenvalue weighted by atomic mass is 32.2. The average Bonchev–Trinajstić information content (AvgIpc) is 3.03. The first kappa shape index (κ1) is 22.0. The van der Waals surface area contributed by atoms with E-state index in [1.807, 2.05) is 55.5 Å². The quantitative estimate of drug-likeness (QED) is 0.501. The summed E-state index contributed by atoms with van der Waals surface area (Å²) < 4.78 is 31.0. The van der Waals surface area contributed by atoms with Crippen LogP contribution in [0.4, 0.5) is 0 Å². The number of hydrogen-bond acceptors (Lipinski definition) is 5. The van der Waals surface area contributed by atoms with Gasteiger partial charge in [-0.25, -0.2) is 13.4 Å². The number of benzene rings is 2. The number of carbonyl (C=O) groups excluding carboxylic acids is 1. The van der Waals surface area contributed by atoms with Gasteiger partial charge in [0.25, 0.3) is 0 Å². The smallest absolute Gasteiger partial charge is 0.240 e. The Hall–Kier alpha value is -2.71. The fourth-order valence-electron chi connectivity index (χ4n) is 3.23. The van der Waals surface area contributed by atoms with Gasteiger partial charge >= 0.3 is 0 Å².